The number of likely N-dealkylation sites (tertiary alicyclic amines) is 1. The van der Waals surface area contributed by atoms with Crippen LogP contribution < -0.4 is 4.74 Å². The standard InChI is InChI=1S/C21H26N6O/c1-3-27-14-11-23-19(27)15-26-12-6-17(7-13-26)20-21(25-10-9-24-20)28-18-5-4-8-22-16(18)2/h4-5,8-11,14,17H,3,6-7,12-13,15H2,1-2H3. The summed E-state index contributed by atoms with van der Waals surface area (Å²) in [6, 6.07) is 3.79. The maximum atomic E-state index is 6.07. The van der Waals surface area contributed by atoms with Gasteiger partial charge in [-0.2, -0.15) is 0 Å². The van der Waals surface area contributed by atoms with E-state index >= 15 is 0 Å². The number of pyridine rings is 1. The Balaban J connectivity index is 1.43. The van der Waals surface area contributed by atoms with Crippen molar-refractivity contribution in [2.45, 2.75) is 45.7 Å². The van der Waals surface area contributed by atoms with E-state index in [0.717, 1.165) is 62.0 Å². The highest BCUT2D eigenvalue weighted by Gasteiger charge is 2.26. The highest BCUT2D eigenvalue weighted by molar-refractivity contribution is 5.33. The number of hydrogen-bond acceptors (Lipinski definition) is 6. The second-order valence-electron chi connectivity index (χ2n) is 7.12. The summed E-state index contributed by atoms with van der Waals surface area (Å²) in [4.78, 5) is 20.3. The second kappa shape index (κ2) is 8.48. The molecule has 0 aromatic carbocycles. The van der Waals surface area contributed by atoms with E-state index < -0.39 is 0 Å². The normalized spacial score (nSPS) is 15.6. The first-order valence-corrected chi connectivity index (χ1v) is 9.87. The molecule has 4 heterocycles. The van der Waals surface area contributed by atoms with Crippen LogP contribution in [0.25, 0.3) is 0 Å². The smallest absolute Gasteiger partial charge is 0.241 e. The third-order valence-corrected chi connectivity index (χ3v) is 5.34. The summed E-state index contributed by atoms with van der Waals surface area (Å²) in [5.41, 5.74) is 1.79. The molecule has 1 fully saturated rings. The lowest BCUT2D eigenvalue weighted by atomic mass is 9.93. The Labute approximate surface area is 165 Å². The van der Waals surface area contributed by atoms with Crippen LogP contribution in [-0.4, -0.2) is 42.5 Å². The maximum absolute atomic E-state index is 6.07. The summed E-state index contributed by atoms with van der Waals surface area (Å²) in [5, 5.41) is 0. The lowest BCUT2D eigenvalue weighted by Gasteiger charge is -2.31. The molecule has 146 valence electrons. The monoisotopic (exact) mass is 378 g/mol. The predicted molar refractivity (Wildman–Crippen MR) is 106 cm³/mol. The largest absolute Gasteiger partial charge is 0.435 e. The summed E-state index contributed by atoms with van der Waals surface area (Å²) in [6.45, 7) is 7.97. The Bertz CT molecular complexity index is 917. The van der Waals surface area contributed by atoms with Gasteiger partial charge < -0.3 is 9.30 Å². The van der Waals surface area contributed by atoms with E-state index in [1.807, 2.05) is 31.5 Å². The van der Waals surface area contributed by atoms with E-state index in [1.165, 1.54) is 0 Å². The van der Waals surface area contributed by atoms with Crippen molar-refractivity contribution < 1.29 is 4.74 Å². The molecule has 0 bridgehead atoms. The fourth-order valence-corrected chi connectivity index (χ4v) is 3.72. The highest BCUT2D eigenvalue weighted by Crippen LogP contribution is 2.34. The number of rotatable bonds is 6. The summed E-state index contributed by atoms with van der Waals surface area (Å²) < 4.78 is 8.28. The molecule has 0 amide bonds. The van der Waals surface area contributed by atoms with Gasteiger partial charge in [-0.3, -0.25) is 14.9 Å². The van der Waals surface area contributed by atoms with Gasteiger partial charge in [0.25, 0.3) is 0 Å². The number of aryl methyl sites for hydroxylation is 2. The zero-order valence-electron chi connectivity index (χ0n) is 16.5. The maximum Gasteiger partial charge on any atom is 0.241 e. The van der Waals surface area contributed by atoms with Crippen LogP contribution in [0.1, 0.15) is 42.9 Å². The van der Waals surface area contributed by atoms with Crippen LogP contribution in [0.3, 0.4) is 0 Å². The molecule has 28 heavy (non-hydrogen) atoms. The van der Waals surface area contributed by atoms with Crippen LogP contribution in [-0.2, 0) is 13.1 Å². The first-order valence-electron chi connectivity index (χ1n) is 9.87. The van der Waals surface area contributed by atoms with E-state index in [1.54, 1.807) is 18.6 Å². The van der Waals surface area contributed by atoms with Gasteiger partial charge in [0, 0.05) is 43.4 Å². The van der Waals surface area contributed by atoms with Crippen molar-refractivity contribution in [3.05, 3.63) is 60.3 Å². The Hall–Kier alpha value is -2.80. The second-order valence-corrected chi connectivity index (χ2v) is 7.12. The lowest BCUT2D eigenvalue weighted by Crippen LogP contribution is -2.33. The van der Waals surface area contributed by atoms with E-state index in [9.17, 15) is 0 Å². The predicted octanol–water partition coefficient (Wildman–Crippen LogP) is 3.57. The molecule has 1 aliphatic heterocycles. The fourth-order valence-electron chi connectivity index (χ4n) is 3.72. The lowest BCUT2D eigenvalue weighted by molar-refractivity contribution is 0.195. The zero-order valence-corrected chi connectivity index (χ0v) is 16.5. The average molecular weight is 378 g/mol. The zero-order chi connectivity index (χ0) is 19.3. The van der Waals surface area contributed by atoms with Crippen LogP contribution in [0.2, 0.25) is 0 Å². The molecule has 1 aliphatic rings. The SMILES string of the molecule is CCn1ccnc1CN1CCC(c2nccnc2Oc2cccnc2C)CC1. The van der Waals surface area contributed by atoms with Gasteiger partial charge in [-0.15, -0.1) is 0 Å². The van der Waals surface area contributed by atoms with E-state index in [0.29, 0.717) is 11.8 Å². The van der Waals surface area contributed by atoms with Gasteiger partial charge in [0.15, 0.2) is 5.75 Å². The Morgan fingerprint density at radius 3 is 2.64 bits per heavy atom. The molecule has 0 unspecified atom stereocenters. The van der Waals surface area contributed by atoms with Gasteiger partial charge in [-0.1, -0.05) is 0 Å². The van der Waals surface area contributed by atoms with Crippen LogP contribution in [0.5, 0.6) is 11.6 Å². The summed E-state index contributed by atoms with van der Waals surface area (Å²) in [6.07, 6.45) is 11.2. The molecule has 3 aromatic heterocycles. The average Bonchev–Trinajstić information content (AvgIpc) is 3.18. The third kappa shape index (κ3) is 4.04. The summed E-state index contributed by atoms with van der Waals surface area (Å²) in [5.74, 6) is 2.81. The van der Waals surface area contributed by atoms with Gasteiger partial charge in [0.05, 0.1) is 12.2 Å². The van der Waals surface area contributed by atoms with Gasteiger partial charge in [0.1, 0.15) is 11.5 Å². The van der Waals surface area contributed by atoms with Crippen molar-refractivity contribution in [2.24, 2.45) is 0 Å². The van der Waals surface area contributed by atoms with Gasteiger partial charge in [-0.25, -0.2) is 9.97 Å². The molecule has 0 aliphatic carbocycles. The quantitative estimate of drug-likeness (QED) is 0.653. The molecular formula is C21H26N6O. The minimum Gasteiger partial charge on any atom is -0.435 e. The Morgan fingerprint density at radius 1 is 1.04 bits per heavy atom. The van der Waals surface area contributed by atoms with Crippen LogP contribution in [0.4, 0.5) is 0 Å². The summed E-state index contributed by atoms with van der Waals surface area (Å²) >= 11 is 0. The molecule has 0 saturated carbocycles. The molecule has 0 atom stereocenters. The highest BCUT2D eigenvalue weighted by atomic mass is 16.5. The van der Waals surface area contributed by atoms with E-state index in [4.69, 9.17) is 4.74 Å². The molecule has 0 N–H and O–H groups in total. The number of ether oxygens (including phenoxy) is 1. The van der Waals surface area contributed by atoms with E-state index in [-0.39, 0.29) is 0 Å². The van der Waals surface area contributed by atoms with Crippen molar-refractivity contribution in [3.8, 4) is 11.6 Å². The van der Waals surface area contributed by atoms with Crippen molar-refractivity contribution in [1.82, 2.24) is 29.4 Å². The first-order chi connectivity index (χ1) is 13.7. The minimum absolute atomic E-state index is 0.350. The van der Waals surface area contributed by atoms with Gasteiger partial charge in [-0.05, 0) is 51.9 Å². The van der Waals surface area contributed by atoms with Crippen LogP contribution in [0.15, 0.2) is 43.1 Å². The van der Waals surface area contributed by atoms with Crippen molar-refractivity contribution in [3.63, 3.8) is 0 Å². The molecule has 7 nitrogen and oxygen atoms in total. The van der Waals surface area contributed by atoms with Crippen molar-refractivity contribution >= 4 is 0 Å². The summed E-state index contributed by atoms with van der Waals surface area (Å²) in [7, 11) is 0. The minimum atomic E-state index is 0.350. The van der Waals surface area contributed by atoms with Crippen molar-refractivity contribution in [1.29, 1.82) is 0 Å². The van der Waals surface area contributed by atoms with Gasteiger partial charge in [0.2, 0.25) is 5.88 Å². The topological polar surface area (TPSA) is 69.0 Å². The number of piperidine rings is 1. The van der Waals surface area contributed by atoms with Crippen LogP contribution >= 0.6 is 0 Å². The third-order valence-electron chi connectivity index (χ3n) is 5.34. The molecular weight excluding hydrogens is 352 g/mol. The number of imidazole rings is 1. The molecule has 3 aromatic rings. The molecule has 4 rings (SSSR count). The molecule has 1 saturated heterocycles. The first kappa shape index (κ1) is 18.6. The van der Waals surface area contributed by atoms with E-state index in [2.05, 4.69) is 36.3 Å². The van der Waals surface area contributed by atoms with Crippen molar-refractivity contribution in [2.75, 3.05) is 13.1 Å². The van der Waals surface area contributed by atoms with Gasteiger partial charge >= 0.3 is 0 Å². The molecule has 7 heteroatoms. The Kier molecular flexibility index (Phi) is 5.62. The molecule has 0 radical (unpaired) electrons. The number of aromatic nitrogens is 5. The van der Waals surface area contributed by atoms with Crippen LogP contribution in [0, 0.1) is 6.92 Å². The molecule has 0 spiro atoms. The fraction of sp³-hybridized carbons (Fsp3) is 0.429. The Morgan fingerprint density at radius 2 is 1.86 bits per heavy atom. The number of nitrogens with zero attached hydrogens (tertiary/aromatic N) is 6. The number of hydrogen-bond donors (Lipinski definition) is 0.